The molecular formula is C11H18N4. The summed E-state index contributed by atoms with van der Waals surface area (Å²) >= 11 is 0. The molecule has 3 N–H and O–H groups in total. The third-order valence-electron chi connectivity index (χ3n) is 2.88. The van der Waals surface area contributed by atoms with Crippen molar-refractivity contribution in [1.82, 2.24) is 9.97 Å². The topological polar surface area (TPSA) is 63.8 Å². The fourth-order valence-corrected chi connectivity index (χ4v) is 2.09. The monoisotopic (exact) mass is 206 g/mol. The van der Waals surface area contributed by atoms with Crippen molar-refractivity contribution in [3.8, 4) is 0 Å². The van der Waals surface area contributed by atoms with Crippen molar-refractivity contribution in [2.75, 3.05) is 18.4 Å². The third kappa shape index (κ3) is 2.65. The second-order valence-electron chi connectivity index (χ2n) is 4.00. The Morgan fingerprint density at radius 2 is 2.20 bits per heavy atom. The molecule has 1 aliphatic carbocycles. The molecule has 0 unspecified atom stereocenters. The van der Waals surface area contributed by atoms with E-state index in [9.17, 15) is 0 Å². The SMILES string of the molecule is NCCNc1nccc(C2CCCC2)n1. The molecule has 15 heavy (non-hydrogen) atoms. The largest absolute Gasteiger partial charge is 0.353 e. The number of rotatable bonds is 4. The van der Waals surface area contributed by atoms with E-state index in [1.165, 1.54) is 31.4 Å². The number of nitrogens with one attached hydrogen (secondary N) is 1. The van der Waals surface area contributed by atoms with Gasteiger partial charge in [0, 0.05) is 30.9 Å². The van der Waals surface area contributed by atoms with Crippen LogP contribution in [-0.2, 0) is 0 Å². The van der Waals surface area contributed by atoms with Crippen molar-refractivity contribution in [3.05, 3.63) is 18.0 Å². The first-order chi connectivity index (χ1) is 7.40. The van der Waals surface area contributed by atoms with E-state index in [1.54, 1.807) is 0 Å². The van der Waals surface area contributed by atoms with Crippen molar-refractivity contribution < 1.29 is 0 Å². The van der Waals surface area contributed by atoms with Crippen molar-refractivity contribution in [3.63, 3.8) is 0 Å². The fourth-order valence-electron chi connectivity index (χ4n) is 2.09. The van der Waals surface area contributed by atoms with Gasteiger partial charge in [-0.3, -0.25) is 0 Å². The van der Waals surface area contributed by atoms with Crippen LogP contribution in [0.4, 0.5) is 5.95 Å². The molecule has 0 saturated heterocycles. The van der Waals surface area contributed by atoms with Crippen LogP contribution >= 0.6 is 0 Å². The third-order valence-corrected chi connectivity index (χ3v) is 2.88. The Bertz CT molecular complexity index is 307. The molecule has 1 saturated carbocycles. The second-order valence-corrected chi connectivity index (χ2v) is 4.00. The normalized spacial score (nSPS) is 16.9. The highest BCUT2D eigenvalue weighted by atomic mass is 15.1. The van der Waals surface area contributed by atoms with Gasteiger partial charge in [-0.25, -0.2) is 9.97 Å². The maximum Gasteiger partial charge on any atom is 0.222 e. The smallest absolute Gasteiger partial charge is 0.222 e. The molecule has 0 aromatic carbocycles. The van der Waals surface area contributed by atoms with E-state index in [4.69, 9.17) is 5.73 Å². The first-order valence-electron chi connectivity index (χ1n) is 5.67. The Hall–Kier alpha value is -1.16. The number of anilines is 1. The maximum absolute atomic E-state index is 5.42. The van der Waals surface area contributed by atoms with E-state index in [0.29, 0.717) is 18.4 Å². The van der Waals surface area contributed by atoms with Crippen molar-refractivity contribution in [2.24, 2.45) is 5.73 Å². The highest BCUT2D eigenvalue weighted by molar-refractivity contribution is 5.26. The minimum Gasteiger partial charge on any atom is -0.353 e. The van der Waals surface area contributed by atoms with Crippen LogP contribution in [0.5, 0.6) is 0 Å². The summed E-state index contributed by atoms with van der Waals surface area (Å²) in [5, 5.41) is 3.11. The van der Waals surface area contributed by atoms with Crippen LogP contribution < -0.4 is 11.1 Å². The van der Waals surface area contributed by atoms with Gasteiger partial charge in [-0.2, -0.15) is 0 Å². The molecule has 4 heteroatoms. The summed E-state index contributed by atoms with van der Waals surface area (Å²) in [7, 11) is 0. The molecule has 0 spiro atoms. The minimum atomic E-state index is 0.608. The molecule has 1 aromatic heterocycles. The van der Waals surface area contributed by atoms with Crippen molar-refractivity contribution in [1.29, 1.82) is 0 Å². The van der Waals surface area contributed by atoms with E-state index in [0.717, 1.165) is 6.54 Å². The molecule has 82 valence electrons. The molecule has 0 atom stereocenters. The lowest BCUT2D eigenvalue weighted by atomic mass is 10.0. The summed E-state index contributed by atoms with van der Waals surface area (Å²) in [5.41, 5.74) is 6.60. The predicted molar refractivity (Wildman–Crippen MR) is 60.8 cm³/mol. The number of hydrogen-bond donors (Lipinski definition) is 2. The summed E-state index contributed by atoms with van der Waals surface area (Å²) < 4.78 is 0. The molecule has 0 radical (unpaired) electrons. The predicted octanol–water partition coefficient (Wildman–Crippen LogP) is 1.50. The summed E-state index contributed by atoms with van der Waals surface area (Å²) in [6.07, 6.45) is 7.04. The molecule has 0 aliphatic heterocycles. The van der Waals surface area contributed by atoms with Gasteiger partial charge in [0.1, 0.15) is 0 Å². The van der Waals surface area contributed by atoms with Crippen LogP contribution in [0.15, 0.2) is 12.3 Å². The van der Waals surface area contributed by atoms with Crippen molar-refractivity contribution >= 4 is 5.95 Å². The summed E-state index contributed by atoms with van der Waals surface area (Å²) in [6.45, 7) is 1.34. The zero-order valence-electron chi connectivity index (χ0n) is 8.95. The molecule has 1 heterocycles. The zero-order chi connectivity index (χ0) is 10.5. The van der Waals surface area contributed by atoms with Gasteiger partial charge in [0.15, 0.2) is 0 Å². The van der Waals surface area contributed by atoms with Crippen LogP contribution in [0.25, 0.3) is 0 Å². The minimum absolute atomic E-state index is 0.608. The first-order valence-corrected chi connectivity index (χ1v) is 5.67. The van der Waals surface area contributed by atoms with Crippen LogP contribution in [-0.4, -0.2) is 23.1 Å². The molecule has 1 aliphatic rings. The fraction of sp³-hybridized carbons (Fsp3) is 0.636. The van der Waals surface area contributed by atoms with Crippen LogP contribution in [0.1, 0.15) is 37.3 Å². The first kappa shape index (κ1) is 10.4. The quantitative estimate of drug-likeness (QED) is 0.783. The van der Waals surface area contributed by atoms with Crippen LogP contribution in [0.2, 0.25) is 0 Å². The maximum atomic E-state index is 5.42. The van der Waals surface area contributed by atoms with Gasteiger partial charge in [0.25, 0.3) is 0 Å². The molecule has 1 fully saturated rings. The highest BCUT2D eigenvalue weighted by Crippen LogP contribution is 2.32. The van der Waals surface area contributed by atoms with E-state index >= 15 is 0 Å². The molecule has 0 bridgehead atoms. The average Bonchev–Trinajstić information content (AvgIpc) is 2.80. The van der Waals surface area contributed by atoms with Gasteiger partial charge in [-0.15, -0.1) is 0 Å². The Labute approximate surface area is 90.3 Å². The Balaban J connectivity index is 2.04. The summed E-state index contributed by atoms with van der Waals surface area (Å²) in [6, 6.07) is 2.03. The average molecular weight is 206 g/mol. The van der Waals surface area contributed by atoms with Gasteiger partial charge < -0.3 is 11.1 Å². The Morgan fingerprint density at radius 3 is 2.93 bits per heavy atom. The molecule has 4 nitrogen and oxygen atoms in total. The molecule has 0 amide bonds. The standard InChI is InChI=1S/C11H18N4/c12-6-8-14-11-13-7-5-10(15-11)9-3-1-2-4-9/h5,7,9H,1-4,6,8,12H2,(H,13,14,15). The van der Waals surface area contributed by atoms with Crippen LogP contribution in [0.3, 0.4) is 0 Å². The second kappa shape index (κ2) is 5.07. The van der Waals surface area contributed by atoms with Gasteiger partial charge in [0.05, 0.1) is 0 Å². The van der Waals surface area contributed by atoms with E-state index < -0.39 is 0 Å². The van der Waals surface area contributed by atoms with Gasteiger partial charge in [-0.1, -0.05) is 12.8 Å². The molecule has 2 rings (SSSR count). The summed E-state index contributed by atoms with van der Waals surface area (Å²) in [5.74, 6) is 1.36. The lowest BCUT2D eigenvalue weighted by Crippen LogP contribution is -2.15. The lowest BCUT2D eigenvalue weighted by molar-refractivity contribution is 0.694. The van der Waals surface area contributed by atoms with E-state index in [1.807, 2.05) is 12.3 Å². The summed E-state index contributed by atoms with van der Waals surface area (Å²) in [4.78, 5) is 8.69. The van der Waals surface area contributed by atoms with Gasteiger partial charge in [0.2, 0.25) is 5.95 Å². The highest BCUT2D eigenvalue weighted by Gasteiger charge is 2.18. The van der Waals surface area contributed by atoms with E-state index in [2.05, 4.69) is 15.3 Å². The van der Waals surface area contributed by atoms with Gasteiger partial charge in [-0.05, 0) is 18.9 Å². The Morgan fingerprint density at radius 1 is 1.40 bits per heavy atom. The number of nitrogens with two attached hydrogens (primary N) is 1. The van der Waals surface area contributed by atoms with E-state index in [-0.39, 0.29) is 0 Å². The number of aromatic nitrogens is 2. The number of hydrogen-bond acceptors (Lipinski definition) is 4. The van der Waals surface area contributed by atoms with Gasteiger partial charge >= 0.3 is 0 Å². The van der Waals surface area contributed by atoms with Crippen molar-refractivity contribution in [2.45, 2.75) is 31.6 Å². The zero-order valence-corrected chi connectivity index (χ0v) is 8.95. The molecular weight excluding hydrogens is 188 g/mol. The number of nitrogens with zero attached hydrogens (tertiary/aromatic N) is 2. The lowest BCUT2D eigenvalue weighted by Gasteiger charge is -2.09. The molecule has 1 aromatic rings. The Kier molecular flexibility index (Phi) is 3.50. The van der Waals surface area contributed by atoms with Crippen LogP contribution in [0, 0.1) is 0 Å².